The van der Waals surface area contributed by atoms with Gasteiger partial charge in [0.2, 0.25) is 0 Å². The summed E-state index contributed by atoms with van der Waals surface area (Å²) in [7, 11) is -7.78. The monoisotopic (exact) mass is 1470 g/mol. The molecule has 550 valence electrons. The molecule has 0 aliphatic heterocycles. The molecule has 0 aromatic heterocycles. The molecule has 0 N–H and O–H groups in total. The fourth-order valence-electron chi connectivity index (χ4n) is 13.7. The SMILES string of the molecule is CC(C)(C)C#N.CC(C)(C)[Si](C)(C)C.CC(C)(C)[Si](c1ccccc1)(c1ccccc1)c1ccccc1.CC(C)(C)c1ccc([Si](c2ccccc2)(c2ccccc2)c2ccccc2)cc1.CC(C)(C)c1cccc([Si](c2ccccc2)(c2ccccc2)c2ccccc2)c1.CC(C)(C)c1ccccc1C#N. The van der Waals surface area contributed by atoms with E-state index >= 15 is 0 Å². The van der Waals surface area contributed by atoms with Crippen LogP contribution >= 0.6 is 0 Å². The van der Waals surface area contributed by atoms with Crippen molar-refractivity contribution in [3.63, 3.8) is 0 Å². The van der Waals surface area contributed by atoms with Crippen LogP contribution in [0.4, 0.5) is 0 Å². The predicted octanol–water partition coefficient (Wildman–Crippen LogP) is 20.2. The first-order valence-corrected chi connectivity index (χ1v) is 47.6. The van der Waals surface area contributed by atoms with Gasteiger partial charge < -0.3 is 0 Å². The zero-order valence-electron chi connectivity index (χ0n) is 68.3. The topological polar surface area (TPSA) is 47.6 Å². The first-order valence-electron chi connectivity index (χ1n) is 38.1. The van der Waals surface area contributed by atoms with Gasteiger partial charge in [0, 0.05) is 13.5 Å². The maximum Gasteiger partial charge on any atom is 0.179 e. The normalized spacial score (nSPS) is 12.0. The van der Waals surface area contributed by atoms with Crippen LogP contribution in [-0.2, 0) is 16.2 Å². The van der Waals surface area contributed by atoms with Crippen LogP contribution in [0.1, 0.15) is 147 Å². The van der Waals surface area contributed by atoms with Crippen LogP contribution in [0.25, 0.3) is 0 Å². The molecule has 0 aliphatic carbocycles. The molecule has 0 spiro atoms. The Balaban J connectivity index is 0.000000193. The summed E-state index contributed by atoms with van der Waals surface area (Å²) in [6.07, 6.45) is 0. The van der Waals surface area contributed by atoms with Gasteiger partial charge in [-0.3, -0.25) is 0 Å². The first-order chi connectivity index (χ1) is 50.5. The zero-order valence-corrected chi connectivity index (χ0v) is 72.3. The highest BCUT2D eigenvalue weighted by molar-refractivity contribution is 7.20. The van der Waals surface area contributed by atoms with Gasteiger partial charge in [0.25, 0.3) is 0 Å². The Morgan fingerprint density at radius 2 is 0.467 bits per heavy atom. The van der Waals surface area contributed by atoms with Gasteiger partial charge in [-0.15, -0.1) is 0 Å². The Hall–Kier alpha value is -9.51. The number of hydrogen-bond acceptors (Lipinski definition) is 2. The van der Waals surface area contributed by atoms with Crippen molar-refractivity contribution in [3.05, 3.63) is 368 Å². The third-order valence-electron chi connectivity index (χ3n) is 20.8. The van der Waals surface area contributed by atoms with E-state index in [1.54, 1.807) is 0 Å². The smallest absolute Gasteiger partial charge is 0.179 e. The van der Waals surface area contributed by atoms with Gasteiger partial charge in [-0.25, -0.2) is 0 Å². The summed E-state index contributed by atoms with van der Waals surface area (Å²) in [6, 6.07) is 131. The lowest BCUT2D eigenvalue weighted by Gasteiger charge is -2.44. The number of nitriles is 2. The van der Waals surface area contributed by atoms with E-state index in [-0.39, 0.29) is 26.7 Å². The molecule has 0 atom stereocenters. The highest BCUT2D eigenvalue weighted by Gasteiger charge is 2.49. The van der Waals surface area contributed by atoms with Crippen molar-refractivity contribution in [2.45, 2.75) is 171 Å². The molecule has 0 unspecified atom stereocenters. The summed E-state index contributed by atoms with van der Waals surface area (Å²) in [5, 5.41) is 33.5. The average molecular weight is 1470 g/mol. The van der Waals surface area contributed by atoms with E-state index < -0.39 is 32.3 Å². The van der Waals surface area contributed by atoms with E-state index in [9.17, 15) is 0 Å². The van der Waals surface area contributed by atoms with Crippen LogP contribution in [-0.4, -0.2) is 32.3 Å². The van der Waals surface area contributed by atoms with Crippen LogP contribution in [0.5, 0.6) is 0 Å². The lowest BCUT2D eigenvalue weighted by molar-refractivity contribution is 0.561. The van der Waals surface area contributed by atoms with Crippen molar-refractivity contribution in [1.82, 2.24) is 0 Å². The zero-order chi connectivity index (χ0) is 78.4. The highest BCUT2D eigenvalue weighted by atomic mass is 28.3. The molecule has 12 aromatic rings. The number of hydrogen-bond donors (Lipinski definition) is 0. The molecule has 6 heteroatoms. The summed E-state index contributed by atoms with van der Waals surface area (Å²) in [5.41, 5.74) is 4.83. The largest absolute Gasteiger partial charge is 0.198 e. The molecule has 2 nitrogen and oxygen atoms in total. The third-order valence-corrected chi connectivity index (χ3v) is 40.7. The van der Waals surface area contributed by atoms with Crippen molar-refractivity contribution in [3.8, 4) is 12.1 Å². The average Bonchev–Trinajstić information content (AvgIpc) is 0.772. The maximum absolute atomic E-state index is 8.83. The summed E-state index contributed by atoms with van der Waals surface area (Å²) >= 11 is 0. The second-order valence-corrected chi connectivity index (χ2v) is 53.6. The van der Waals surface area contributed by atoms with Crippen molar-refractivity contribution >= 4 is 89.3 Å². The molecule has 12 aromatic carbocycles. The van der Waals surface area contributed by atoms with Crippen LogP contribution in [0, 0.1) is 28.1 Å². The van der Waals surface area contributed by atoms with E-state index in [0.29, 0.717) is 5.04 Å². The van der Waals surface area contributed by atoms with Crippen molar-refractivity contribution in [2.75, 3.05) is 0 Å². The Bertz CT molecular complexity index is 4380. The Labute approximate surface area is 651 Å². The Morgan fingerprint density at radius 1 is 0.234 bits per heavy atom. The minimum Gasteiger partial charge on any atom is -0.198 e. The molecule has 107 heavy (non-hydrogen) atoms. The summed E-state index contributed by atoms with van der Waals surface area (Å²) in [5.74, 6) is 0. The molecule has 0 saturated heterocycles. The van der Waals surface area contributed by atoms with Crippen molar-refractivity contribution in [2.24, 2.45) is 5.41 Å². The second-order valence-electron chi connectivity index (χ2n) is 35.2. The number of rotatable bonds is 11. The molecular formula is C101H120N2Si4. The number of nitrogens with zero attached hydrogens (tertiary/aromatic N) is 2. The Morgan fingerprint density at radius 3 is 0.692 bits per heavy atom. The van der Waals surface area contributed by atoms with E-state index in [0.717, 1.165) is 11.1 Å². The minimum atomic E-state index is -2.41. The molecule has 12 rings (SSSR count). The molecular weight excluding hydrogens is 1350 g/mol. The van der Waals surface area contributed by atoms with E-state index in [1.807, 2.05) is 45.0 Å². The summed E-state index contributed by atoms with van der Waals surface area (Å²) < 4.78 is 0. The van der Waals surface area contributed by atoms with E-state index in [1.165, 1.54) is 68.2 Å². The fourth-order valence-corrected chi connectivity index (χ4v) is 28.9. The first kappa shape index (κ1) is 84.7. The standard InChI is InChI=1S/2C28H28Si.C22H24Si.C11H13N.C7H18Si.C5H9N/c1-28(2,3)23-14-13-21-27(22-23)29(24-15-7-4-8-16-24,25-17-9-5-10-18-25)26-19-11-6-12-20-26;1-28(2,3)23-19-21-27(22-20-23)29(24-13-7-4-8-14-24,25-15-9-5-10-16-25)26-17-11-6-12-18-26;1-22(2,3)23(19-13-7-4-8-14-19,20-15-9-5-10-16-20)21-17-11-6-12-18-21;1-11(2,3)10-7-5-4-6-9(10)8-12;1-7(2,3)8(4,5)6;1-5(2,3)4-6/h2*4-22H,1-3H3;4-18H,1-3H3;4-7H,1-3H3;1-6H3;1-3H3. The quantitative estimate of drug-likeness (QED) is 0.0957. The van der Waals surface area contributed by atoms with Crippen molar-refractivity contribution < 1.29 is 0 Å². The third kappa shape index (κ3) is 21.4. The van der Waals surface area contributed by atoms with Gasteiger partial charge >= 0.3 is 0 Å². The molecule has 0 bridgehead atoms. The molecule has 0 saturated carbocycles. The molecule has 0 aliphatic rings. The highest BCUT2D eigenvalue weighted by Crippen LogP contribution is 2.37. The van der Waals surface area contributed by atoms with Gasteiger partial charge in [0.1, 0.15) is 0 Å². The van der Waals surface area contributed by atoms with Crippen LogP contribution in [0.2, 0.25) is 29.7 Å². The molecule has 0 amide bonds. The van der Waals surface area contributed by atoms with E-state index in [2.05, 4.69) is 457 Å². The van der Waals surface area contributed by atoms with Crippen molar-refractivity contribution in [1.29, 1.82) is 10.5 Å². The van der Waals surface area contributed by atoms with Gasteiger partial charge in [-0.1, -0.05) is 463 Å². The van der Waals surface area contributed by atoms with Gasteiger partial charge in [-0.05, 0) is 127 Å². The summed E-state index contributed by atoms with van der Waals surface area (Å²) in [6.45, 7) is 47.1. The van der Waals surface area contributed by atoms with E-state index in [4.69, 9.17) is 10.5 Å². The molecule has 0 heterocycles. The maximum atomic E-state index is 8.83. The Kier molecular flexibility index (Phi) is 29.2. The lowest BCUT2D eigenvalue weighted by Crippen LogP contribution is -2.74. The minimum absolute atomic E-state index is 0.0618. The van der Waals surface area contributed by atoms with Gasteiger partial charge in [0.05, 0.1) is 17.7 Å². The number of benzene rings is 12. The van der Waals surface area contributed by atoms with Crippen LogP contribution in [0.15, 0.2) is 346 Å². The second kappa shape index (κ2) is 36.9. The lowest BCUT2D eigenvalue weighted by atomic mass is 9.84. The predicted molar refractivity (Wildman–Crippen MR) is 479 cm³/mol. The van der Waals surface area contributed by atoms with Crippen LogP contribution in [0.3, 0.4) is 0 Å². The molecule has 0 radical (unpaired) electrons. The summed E-state index contributed by atoms with van der Waals surface area (Å²) in [4.78, 5) is 0. The van der Waals surface area contributed by atoms with Crippen LogP contribution < -0.4 is 57.1 Å². The van der Waals surface area contributed by atoms with Gasteiger partial charge in [-0.2, -0.15) is 10.5 Å². The molecule has 0 fully saturated rings. The fraction of sp³-hybridized carbons (Fsp3) is 0.267. The van der Waals surface area contributed by atoms with Gasteiger partial charge in [0.15, 0.2) is 24.2 Å².